The van der Waals surface area contributed by atoms with E-state index in [1.807, 2.05) is 31.8 Å². The number of aromatic amines is 2. The fourth-order valence-electron chi connectivity index (χ4n) is 2.13. The van der Waals surface area contributed by atoms with Gasteiger partial charge in [0, 0.05) is 23.5 Å². The van der Waals surface area contributed by atoms with E-state index in [4.69, 9.17) is 5.26 Å². The number of carbonyl (C=O) groups is 1. The van der Waals surface area contributed by atoms with Gasteiger partial charge in [-0.1, -0.05) is 0 Å². The first-order valence-electron chi connectivity index (χ1n) is 7.19. The first kappa shape index (κ1) is 17.1. The number of aromatic nitrogens is 3. The molecule has 0 saturated heterocycles. The van der Waals surface area contributed by atoms with Gasteiger partial charge in [0.15, 0.2) is 0 Å². The number of nitrogens with zero attached hydrogens (tertiary/aromatic N) is 2. The standard InChI is InChI=1S/C15H18N6O3/c1-15(2,3)21-8-9(6-16)4-11(21)19-13(23)17-7-10-5-12(22)20-14(24)18-10/h4-5,8H,7H2,1-3H3,(H2,17,19,23)(H2,18,20,22,24). The Labute approximate surface area is 137 Å². The summed E-state index contributed by atoms with van der Waals surface area (Å²) < 4.78 is 1.78. The van der Waals surface area contributed by atoms with Gasteiger partial charge < -0.3 is 14.9 Å². The quantitative estimate of drug-likeness (QED) is 0.662. The molecule has 2 rings (SSSR count). The number of H-pyrrole nitrogens is 2. The fraction of sp³-hybridized carbons (Fsp3) is 0.333. The Morgan fingerprint density at radius 2 is 2.00 bits per heavy atom. The summed E-state index contributed by atoms with van der Waals surface area (Å²) in [4.78, 5) is 38.9. The lowest BCUT2D eigenvalue weighted by molar-refractivity contribution is 0.251. The molecule has 9 nitrogen and oxygen atoms in total. The van der Waals surface area contributed by atoms with Crippen molar-refractivity contribution in [3.8, 4) is 6.07 Å². The summed E-state index contributed by atoms with van der Waals surface area (Å²) in [5.74, 6) is 0.468. The molecule has 0 unspecified atom stereocenters. The molecule has 0 aromatic carbocycles. The molecule has 0 aliphatic heterocycles. The maximum atomic E-state index is 12.0. The van der Waals surface area contributed by atoms with Gasteiger partial charge in [-0.2, -0.15) is 5.26 Å². The van der Waals surface area contributed by atoms with Crippen LogP contribution in [-0.2, 0) is 12.1 Å². The van der Waals surface area contributed by atoms with Crippen molar-refractivity contribution < 1.29 is 4.79 Å². The lowest BCUT2D eigenvalue weighted by Crippen LogP contribution is -2.33. The predicted octanol–water partition coefficient (Wildman–Crippen LogP) is 0.813. The van der Waals surface area contributed by atoms with Crippen molar-refractivity contribution in [3.63, 3.8) is 0 Å². The molecule has 0 atom stereocenters. The molecule has 0 aliphatic carbocycles. The van der Waals surface area contributed by atoms with Gasteiger partial charge in [0.25, 0.3) is 5.56 Å². The number of hydrogen-bond donors (Lipinski definition) is 4. The summed E-state index contributed by atoms with van der Waals surface area (Å²) >= 11 is 0. The third-order valence-electron chi connectivity index (χ3n) is 3.17. The number of nitriles is 1. The highest BCUT2D eigenvalue weighted by molar-refractivity contribution is 5.88. The Morgan fingerprint density at radius 3 is 2.58 bits per heavy atom. The predicted molar refractivity (Wildman–Crippen MR) is 87.7 cm³/mol. The van der Waals surface area contributed by atoms with Gasteiger partial charge in [-0.25, -0.2) is 9.59 Å². The van der Waals surface area contributed by atoms with E-state index in [0.29, 0.717) is 11.4 Å². The van der Waals surface area contributed by atoms with Crippen LogP contribution in [0.1, 0.15) is 32.0 Å². The second-order valence-electron chi connectivity index (χ2n) is 6.19. The van der Waals surface area contributed by atoms with E-state index >= 15 is 0 Å². The van der Waals surface area contributed by atoms with E-state index in [-0.39, 0.29) is 17.8 Å². The largest absolute Gasteiger partial charge is 0.332 e. The van der Waals surface area contributed by atoms with E-state index in [0.717, 1.165) is 0 Å². The molecule has 0 saturated carbocycles. The Morgan fingerprint density at radius 1 is 1.29 bits per heavy atom. The summed E-state index contributed by atoms with van der Waals surface area (Å²) in [5.41, 5.74) is -0.798. The van der Waals surface area contributed by atoms with Gasteiger partial charge in [0.05, 0.1) is 12.1 Å². The fourth-order valence-corrected chi connectivity index (χ4v) is 2.13. The molecule has 126 valence electrons. The van der Waals surface area contributed by atoms with Crippen LogP contribution in [0.4, 0.5) is 10.6 Å². The lowest BCUT2D eigenvalue weighted by Gasteiger charge is -2.24. The highest BCUT2D eigenvalue weighted by Gasteiger charge is 2.19. The number of anilines is 1. The van der Waals surface area contributed by atoms with Crippen molar-refractivity contribution in [2.75, 3.05) is 5.32 Å². The van der Waals surface area contributed by atoms with E-state index in [1.54, 1.807) is 16.8 Å². The van der Waals surface area contributed by atoms with Gasteiger partial charge in [0.1, 0.15) is 11.9 Å². The van der Waals surface area contributed by atoms with Crippen LogP contribution in [0.3, 0.4) is 0 Å². The number of hydrogen-bond acceptors (Lipinski definition) is 4. The number of nitrogens with one attached hydrogen (secondary N) is 4. The minimum atomic E-state index is -0.639. The van der Waals surface area contributed by atoms with Gasteiger partial charge in [-0.15, -0.1) is 0 Å². The van der Waals surface area contributed by atoms with E-state index in [1.165, 1.54) is 6.07 Å². The first-order valence-corrected chi connectivity index (χ1v) is 7.19. The molecule has 24 heavy (non-hydrogen) atoms. The average Bonchev–Trinajstić information content (AvgIpc) is 2.87. The zero-order chi connectivity index (χ0) is 17.9. The molecular formula is C15H18N6O3. The molecule has 0 fully saturated rings. The number of rotatable bonds is 3. The van der Waals surface area contributed by atoms with Crippen molar-refractivity contribution in [2.24, 2.45) is 0 Å². The van der Waals surface area contributed by atoms with E-state index in [2.05, 4.69) is 15.6 Å². The van der Waals surface area contributed by atoms with Crippen LogP contribution in [0.25, 0.3) is 0 Å². The van der Waals surface area contributed by atoms with E-state index < -0.39 is 17.3 Å². The van der Waals surface area contributed by atoms with Gasteiger partial charge in [-0.3, -0.25) is 15.1 Å². The number of amides is 2. The van der Waals surface area contributed by atoms with Gasteiger partial charge >= 0.3 is 11.7 Å². The summed E-state index contributed by atoms with van der Waals surface area (Å²) in [5, 5.41) is 14.2. The minimum Gasteiger partial charge on any atom is -0.332 e. The van der Waals surface area contributed by atoms with Crippen LogP contribution < -0.4 is 21.9 Å². The van der Waals surface area contributed by atoms with Crippen molar-refractivity contribution >= 4 is 11.8 Å². The maximum absolute atomic E-state index is 12.0. The van der Waals surface area contributed by atoms with Crippen molar-refractivity contribution in [1.82, 2.24) is 19.9 Å². The third-order valence-corrected chi connectivity index (χ3v) is 3.17. The first-order chi connectivity index (χ1) is 11.2. The van der Waals surface area contributed by atoms with Crippen LogP contribution in [0.2, 0.25) is 0 Å². The summed E-state index contributed by atoms with van der Waals surface area (Å²) in [6.45, 7) is 5.81. The Hall–Kier alpha value is -3.28. The molecule has 0 spiro atoms. The number of urea groups is 1. The average molecular weight is 330 g/mol. The third kappa shape index (κ3) is 4.13. The minimum absolute atomic E-state index is 0.0215. The maximum Gasteiger partial charge on any atom is 0.325 e. The monoisotopic (exact) mass is 330 g/mol. The highest BCUT2D eigenvalue weighted by Crippen LogP contribution is 2.23. The molecule has 2 heterocycles. The van der Waals surface area contributed by atoms with Crippen LogP contribution >= 0.6 is 0 Å². The molecule has 2 aromatic rings. The van der Waals surface area contributed by atoms with Crippen LogP contribution in [0, 0.1) is 11.3 Å². The Bertz CT molecular complexity index is 879. The van der Waals surface area contributed by atoms with Crippen molar-refractivity contribution in [1.29, 1.82) is 5.26 Å². The van der Waals surface area contributed by atoms with Gasteiger partial charge in [-0.05, 0) is 26.8 Å². The summed E-state index contributed by atoms with van der Waals surface area (Å²) in [6.07, 6.45) is 1.66. The van der Waals surface area contributed by atoms with Crippen LogP contribution in [0.5, 0.6) is 0 Å². The van der Waals surface area contributed by atoms with Crippen LogP contribution in [0.15, 0.2) is 27.9 Å². The molecule has 0 bridgehead atoms. The highest BCUT2D eigenvalue weighted by atomic mass is 16.2. The second-order valence-corrected chi connectivity index (χ2v) is 6.19. The van der Waals surface area contributed by atoms with Crippen molar-refractivity contribution in [3.05, 3.63) is 50.4 Å². The lowest BCUT2D eigenvalue weighted by atomic mass is 10.1. The molecule has 4 N–H and O–H groups in total. The summed E-state index contributed by atoms with van der Waals surface area (Å²) in [7, 11) is 0. The zero-order valence-corrected chi connectivity index (χ0v) is 13.6. The Kier molecular flexibility index (Phi) is 4.59. The number of carbonyl (C=O) groups excluding carboxylic acids is 1. The molecule has 9 heteroatoms. The second kappa shape index (κ2) is 6.45. The van der Waals surface area contributed by atoms with Gasteiger partial charge in [0.2, 0.25) is 0 Å². The normalized spacial score (nSPS) is 10.9. The van der Waals surface area contributed by atoms with Crippen LogP contribution in [-0.4, -0.2) is 20.6 Å². The smallest absolute Gasteiger partial charge is 0.325 e. The van der Waals surface area contributed by atoms with Crippen molar-refractivity contribution in [2.45, 2.75) is 32.9 Å². The Balaban J connectivity index is 2.10. The SMILES string of the molecule is CC(C)(C)n1cc(C#N)cc1NC(=O)NCc1cc(=O)[nH]c(=O)[nH]1. The topological polar surface area (TPSA) is 136 Å². The molecular weight excluding hydrogens is 312 g/mol. The summed E-state index contributed by atoms with van der Waals surface area (Å²) in [6, 6.07) is 4.27. The molecule has 0 aliphatic rings. The molecule has 2 aromatic heterocycles. The zero-order valence-electron chi connectivity index (χ0n) is 13.6. The molecule has 0 radical (unpaired) electrons. The van der Waals surface area contributed by atoms with E-state index in [9.17, 15) is 14.4 Å². The molecule has 2 amide bonds.